The van der Waals surface area contributed by atoms with E-state index in [9.17, 15) is 9.18 Å². The monoisotopic (exact) mass is 390 g/mol. The van der Waals surface area contributed by atoms with E-state index in [1.807, 2.05) is 30.3 Å². The number of benzene rings is 2. The predicted molar refractivity (Wildman–Crippen MR) is 112 cm³/mol. The first kappa shape index (κ1) is 19.1. The molecule has 0 atom stereocenters. The van der Waals surface area contributed by atoms with Crippen molar-refractivity contribution in [1.82, 2.24) is 10.2 Å². The molecule has 1 aliphatic heterocycles. The second-order valence-corrected chi connectivity index (χ2v) is 7.32. The number of aromatic nitrogens is 2. The van der Waals surface area contributed by atoms with Crippen LogP contribution in [0, 0.1) is 18.7 Å². The lowest BCUT2D eigenvalue weighted by Crippen LogP contribution is -2.38. The Balaban J connectivity index is 1.36. The second kappa shape index (κ2) is 8.39. The molecule has 1 fully saturated rings. The van der Waals surface area contributed by atoms with E-state index in [1.54, 1.807) is 18.2 Å². The van der Waals surface area contributed by atoms with Crippen LogP contribution in [0.2, 0.25) is 0 Å². The fourth-order valence-electron chi connectivity index (χ4n) is 3.67. The van der Waals surface area contributed by atoms with Crippen LogP contribution in [0.4, 0.5) is 15.9 Å². The Kier molecular flexibility index (Phi) is 5.51. The summed E-state index contributed by atoms with van der Waals surface area (Å²) in [5.41, 5.74) is 3.33. The minimum Gasteiger partial charge on any atom is -0.355 e. The minimum absolute atomic E-state index is 0.129. The zero-order chi connectivity index (χ0) is 20.2. The molecule has 4 rings (SSSR count). The zero-order valence-corrected chi connectivity index (χ0v) is 16.3. The smallest absolute Gasteiger partial charge is 0.227 e. The van der Waals surface area contributed by atoms with Crippen molar-refractivity contribution in [2.45, 2.75) is 19.8 Å². The molecule has 6 heteroatoms. The Bertz CT molecular complexity index is 998. The molecule has 29 heavy (non-hydrogen) atoms. The average molecular weight is 390 g/mol. The molecule has 0 aliphatic carbocycles. The van der Waals surface area contributed by atoms with Crippen LogP contribution in [0.25, 0.3) is 11.3 Å². The molecule has 2 heterocycles. The topological polar surface area (TPSA) is 58.1 Å². The number of nitrogens with one attached hydrogen (secondary N) is 1. The third-order valence-electron chi connectivity index (χ3n) is 5.39. The van der Waals surface area contributed by atoms with E-state index in [-0.39, 0.29) is 17.5 Å². The van der Waals surface area contributed by atoms with E-state index in [2.05, 4.69) is 33.4 Å². The van der Waals surface area contributed by atoms with Gasteiger partial charge in [-0.2, -0.15) is 0 Å². The van der Waals surface area contributed by atoms with Gasteiger partial charge in [-0.1, -0.05) is 36.4 Å². The van der Waals surface area contributed by atoms with Crippen molar-refractivity contribution < 1.29 is 9.18 Å². The van der Waals surface area contributed by atoms with Crippen LogP contribution < -0.4 is 10.2 Å². The first-order chi connectivity index (χ1) is 14.1. The highest BCUT2D eigenvalue weighted by Crippen LogP contribution is 2.26. The molecule has 1 aliphatic rings. The van der Waals surface area contributed by atoms with Gasteiger partial charge in [-0.05, 0) is 49.6 Å². The summed E-state index contributed by atoms with van der Waals surface area (Å²) in [6, 6.07) is 18.3. The summed E-state index contributed by atoms with van der Waals surface area (Å²) in [6.45, 7) is 3.49. The number of carbonyl (C=O) groups excluding carboxylic acids is 1. The van der Waals surface area contributed by atoms with Crippen molar-refractivity contribution in [3.8, 4) is 11.3 Å². The number of hydrogen-bond donors (Lipinski definition) is 1. The molecule has 5 nitrogen and oxygen atoms in total. The highest BCUT2D eigenvalue weighted by atomic mass is 19.1. The van der Waals surface area contributed by atoms with Crippen LogP contribution in [0.5, 0.6) is 0 Å². The molecular weight excluding hydrogens is 367 g/mol. The van der Waals surface area contributed by atoms with E-state index in [0.29, 0.717) is 25.9 Å². The number of aryl methyl sites for hydroxylation is 1. The summed E-state index contributed by atoms with van der Waals surface area (Å²) in [6.07, 6.45) is 1.39. The van der Waals surface area contributed by atoms with Gasteiger partial charge >= 0.3 is 0 Å². The Hall–Kier alpha value is -3.28. The van der Waals surface area contributed by atoms with Crippen LogP contribution in [-0.2, 0) is 4.79 Å². The summed E-state index contributed by atoms with van der Waals surface area (Å²) in [5, 5.41) is 11.5. The van der Waals surface area contributed by atoms with Gasteiger partial charge in [0.05, 0.1) is 11.4 Å². The Morgan fingerprint density at radius 2 is 1.72 bits per heavy atom. The van der Waals surface area contributed by atoms with Gasteiger partial charge in [0.1, 0.15) is 5.82 Å². The lowest BCUT2D eigenvalue weighted by molar-refractivity contribution is -0.120. The molecule has 1 saturated heterocycles. The molecule has 1 N–H and O–H groups in total. The number of anilines is 2. The van der Waals surface area contributed by atoms with E-state index in [1.165, 1.54) is 6.07 Å². The molecule has 3 aromatic rings. The fraction of sp³-hybridized carbons (Fsp3) is 0.261. The van der Waals surface area contributed by atoms with Gasteiger partial charge in [-0.25, -0.2) is 4.39 Å². The van der Waals surface area contributed by atoms with Crippen LogP contribution in [-0.4, -0.2) is 29.2 Å². The van der Waals surface area contributed by atoms with Gasteiger partial charge in [-0.3, -0.25) is 4.79 Å². The van der Waals surface area contributed by atoms with Gasteiger partial charge in [-0.15, -0.1) is 10.2 Å². The standard InChI is InChI=1S/C23H23FN4O/c1-16-6-2-3-7-18(16)20-10-11-22(27-26-20)28-14-12-17(13-15-28)23(29)25-21-9-5-4-8-19(21)24/h2-11,17H,12-15H2,1H3,(H,25,29). The summed E-state index contributed by atoms with van der Waals surface area (Å²) < 4.78 is 13.7. The first-order valence-corrected chi connectivity index (χ1v) is 9.82. The van der Waals surface area contributed by atoms with Crippen molar-refractivity contribution >= 4 is 17.4 Å². The maximum Gasteiger partial charge on any atom is 0.227 e. The number of para-hydroxylation sites is 1. The number of hydrogen-bond acceptors (Lipinski definition) is 4. The molecule has 1 amide bonds. The number of amides is 1. The third kappa shape index (κ3) is 4.26. The predicted octanol–water partition coefficient (Wildman–Crippen LogP) is 4.45. The minimum atomic E-state index is -0.415. The fourth-order valence-corrected chi connectivity index (χ4v) is 3.67. The average Bonchev–Trinajstić information content (AvgIpc) is 2.76. The molecule has 2 aromatic carbocycles. The molecule has 148 valence electrons. The van der Waals surface area contributed by atoms with Gasteiger partial charge < -0.3 is 10.2 Å². The third-order valence-corrected chi connectivity index (χ3v) is 5.39. The van der Waals surface area contributed by atoms with Crippen molar-refractivity contribution in [3.05, 3.63) is 72.0 Å². The summed E-state index contributed by atoms with van der Waals surface area (Å²) >= 11 is 0. The summed E-state index contributed by atoms with van der Waals surface area (Å²) in [5.74, 6) is 0.137. The quantitative estimate of drug-likeness (QED) is 0.715. The van der Waals surface area contributed by atoms with E-state index in [4.69, 9.17) is 0 Å². The van der Waals surface area contributed by atoms with Gasteiger partial charge in [0.2, 0.25) is 5.91 Å². The normalized spacial score (nSPS) is 14.6. The lowest BCUT2D eigenvalue weighted by atomic mass is 9.95. The molecular formula is C23H23FN4O. The second-order valence-electron chi connectivity index (χ2n) is 7.32. The Morgan fingerprint density at radius 1 is 1.00 bits per heavy atom. The lowest BCUT2D eigenvalue weighted by Gasteiger charge is -2.31. The van der Waals surface area contributed by atoms with Crippen LogP contribution in [0.3, 0.4) is 0 Å². The zero-order valence-electron chi connectivity index (χ0n) is 16.3. The van der Waals surface area contributed by atoms with Crippen LogP contribution in [0.1, 0.15) is 18.4 Å². The van der Waals surface area contributed by atoms with E-state index in [0.717, 1.165) is 22.6 Å². The highest BCUT2D eigenvalue weighted by Gasteiger charge is 2.26. The van der Waals surface area contributed by atoms with E-state index < -0.39 is 5.82 Å². The Morgan fingerprint density at radius 3 is 2.41 bits per heavy atom. The molecule has 0 unspecified atom stereocenters. The molecule has 0 spiro atoms. The maximum absolute atomic E-state index is 13.7. The van der Waals surface area contributed by atoms with Gasteiger partial charge in [0.25, 0.3) is 0 Å². The van der Waals surface area contributed by atoms with Crippen molar-refractivity contribution in [2.24, 2.45) is 5.92 Å². The van der Waals surface area contributed by atoms with E-state index >= 15 is 0 Å². The number of halogens is 1. The SMILES string of the molecule is Cc1ccccc1-c1ccc(N2CCC(C(=O)Nc3ccccc3F)CC2)nn1. The first-order valence-electron chi connectivity index (χ1n) is 9.82. The highest BCUT2D eigenvalue weighted by molar-refractivity contribution is 5.92. The number of carbonyl (C=O) groups is 1. The van der Waals surface area contributed by atoms with Crippen molar-refractivity contribution in [3.63, 3.8) is 0 Å². The maximum atomic E-state index is 13.7. The molecule has 0 bridgehead atoms. The van der Waals surface area contributed by atoms with Crippen molar-refractivity contribution in [1.29, 1.82) is 0 Å². The van der Waals surface area contributed by atoms with Crippen LogP contribution in [0.15, 0.2) is 60.7 Å². The number of piperidine rings is 1. The number of nitrogens with zero attached hydrogens (tertiary/aromatic N) is 3. The summed E-state index contributed by atoms with van der Waals surface area (Å²) in [4.78, 5) is 14.6. The van der Waals surface area contributed by atoms with Gasteiger partial charge in [0.15, 0.2) is 5.82 Å². The molecule has 0 radical (unpaired) electrons. The largest absolute Gasteiger partial charge is 0.355 e. The van der Waals surface area contributed by atoms with Crippen molar-refractivity contribution in [2.75, 3.05) is 23.3 Å². The Labute approximate surface area is 169 Å². The molecule has 0 saturated carbocycles. The van der Waals surface area contributed by atoms with Gasteiger partial charge in [0, 0.05) is 24.6 Å². The van der Waals surface area contributed by atoms with Crippen LogP contribution >= 0.6 is 0 Å². The summed E-state index contributed by atoms with van der Waals surface area (Å²) in [7, 11) is 0. The molecule has 1 aromatic heterocycles. The number of rotatable bonds is 4.